The van der Waals surface area contributed by atoms with Gasteiger partial charge >= 0.3 is 5.97 Å². The van der Waals surface area contributed by atoms with Crippen molar-refractivity contribution >= 4 is 17.6 Å². The van der Waals surface area contributed by atoms with E-state index in [4.69, 9.17) is 0 Å². The van der Waals surface area contributed by atoms with Crippen molar-refractivity contribution in [3.63, 3.8) is 0 Å². The van der Waals surface area contributed by atoms with Gasteiger partial charge in [0.05, 0.1) is 7.11 Å². The molecule has 1 unspecified atom stereocenters. The summed E-state index contributed by atoms with van der Waals surface area (Å²) in [6.45, 7) is 3.55. The predicted molar refractivity (Wildman–Crippen MR) is 70.2 cm³/mol. The second-order valence-corrected chi connectivity index (χ2v) is 4.62. The van der Waals surface area contributed by atoms with E-state index in [0.29, 0.717) is 5.69 Å². The monoisotopic (exact) mass is 267 g/mol. The lowest BCUT2D eigenvalue weighted by molar-refractivity contribution is -0.151. The van der Waals surface area contributed by atoms with Gasteiger partial charge in [-0.05, 0) is 30.2 Å². The molecule has 1 atom stereocenters. The van der Waals surface area contributed by atoms with E-state index in [1.807, 2.05) is 0 Å². The third-order valence-electron chi connectivity index (χ3n) is 2.93. The first-order valence-corrected chi connectivity index (χ1v) is 5.99. The van der Waals surface area contributed by atoms with E-state index in [0.717, 1.165) is 0 Å². The Morgan fingerprint density at radius 3 is 2.16 bits per heavy atom. The molecule has 0 saturated carbocycles. The van der Waals surface area contributed by atoms with Gasteiger partial charge < -0.3 is 9.64 Å². The molecule has 1 aromatic carbocycles. The summed E-state index contributed by atoms with van der Waals surface area (Å²) in [5.41, 5.74) is 0.529. The van der Waals surface area contributed by atoms with Gasteiger partial charge in [0.15, 0.2) is 0 Å². The maximum atomic E-state index is 12.8. The zero-order chi connectivity index (χ0) is 14.6. The van der Waals surface area contributed by atoms with Crippen LogP contribution in [-0.4, -0.2) is 26.0 Å². The van der Waals surface area contributed by atoms with Crippen LogP contribution in [0.4, 0.5) is 10.1 Å². The summed E-state index contributed by atoms with van der Waals surface area (Å²) in [4.78, 5) is 25.3. The Balaban J connectivity index is 2.96. The van der Waals surface area contributed by atoms with Crippen LogP contribution in [0.5, 0.6) is 0 Å². The minimum atomic E-state index is -0.861. The molecule has 104 valence electrons. The van der Waals surface area contributed by atoms with Gasteiger partial charge in [0, 0.05) is 12.7 Å². The predicted octanol–water partition coefficient (Wildman–Crippen LogP) is 2.23. The number of esters is 1. The zero-order valence-corrected chi connectivity index (χ0v) is 11.5. The lowest BCUT2D eigenvalue weighted by Crippen LogP contribution is -2.40. The van der Waals surface area contributed by atoms with E-state index in [1.54, 1.807) is 20.9 Å². The van der Waals surface area contributed by atoms with Gasteiger partial charge in [0.1, 0.15) is 11.7 Å². The minimum Gasteiger partial charge on any atom is -0.468 e. The Kier molecular flexibility index (Phi) is 5.03. The normalized spacial score (nSPS) is 12.1. The molecule has 0 radical (unpaired) electrons. The molecule has 0 fully saturated rings. The van der Waals surface area contributed by atoms with Crippen LogP contribution in [-0.2, 0) is 14.3 Å². The average molecular weight is 267 g/mol. The second kappa shape index (κ2) is 6.31. The average Bonchev–Trinajstić information content (AvgIpc) is 2.38. The molecule has 0 aliphatic heterocycles. The first-order chi connectivity index (χ1) is 8.88. The van der Waals surface area contributed by atoms with Crippen molar-refractivity contribution < 1.29 is 18.7 Å². The van der Waals surface area contributed by atoms with Crippen LogP contribution in [0, 0.1) is 17.7 Å². The Morgan fingerprint density at radius 1 is 1.21 bits per heavy atom. The van der Waals surface area contributed by atoms with Crippen molar-refractivity contribution in [3.05, 3.63) is 30.1 Å². The maximum absolute atomic E-state index is 12.8. The first-order valence-electron chi connectivity index (χ1n) is 5.99. The molecule has 5 heteroatoms. The molecule has 0 bridgehead atoms. The molecular weight excluding hydrogens is 249 g/mol. The van der Waals surface area contributed by atoms with Gasteiger partial charge in [-0.1, -0.05) is 13.8 Å². The van der Waals surface area contributed by atoms with Gasteiger partial charge in [-0.2, -0.15) is 0 Å². The number of amides is 1. The molecule has 0 aliphatic rings. The highest BCUT2D eigenvalue weighted by Crippen LogP contribution is 2.20. The molecule has 0 heterocycles. The summed E-state index contributed by atoms with van der Waals surface area (Å²) in [5.74, 6) is -2.34. The number of nitrogens with zero attached hydrogens (tertiary/aromatic N) is 1. The highest BCUT2D eigenvalue weighted by molar-refractivity contribution is 6.06. The van der Waals surface area contributed by atoms with Crippen molar-refractivity contribution in [1.82, 2.24) is 0 Å². The van der Waals surface area contributed by atoms with Crippen molar-refractivity contribution in [2.75, 3.05) is 19.1 Å². The molecule has 1 aromatic rings. The number of methoxy groups -OCH3 is 1. The lowest BCUT2D eigenvalue weighted by atomic mass is 9.94. The summed E-state index contributed by atoms with van der Waals surface area (Å²) in [7, 11) is 2.80. The molecule has 1 rings (SSSR count). The molecule has 1 amide bonds. The molecule has 0 aliphatic carbocycles. The quantitative estimate of drug-likeness (QED) is 0.621. The maximum Gasteiger partial charge on any atom is 0.318 e. The van der Waals surface area contributed by atoms with E-state index in [2.05, 4.69) is 4.74 Å². The van der Waals surface area contributed by atoms with E-state index in [-0.39, 0.29) is 17.6 Å². The van der Waals surface area contributed by atoms with Crippen molar-refractivity contribution in [1.29, 1.82) is 0 Å². The minimum absolute atomic E-state index is 0.178. The highest BCUT2D eigenvalue weighted by Gasteiger charge is 2.33. The number of hydrogen-bond donors (Lipinski definition) is 0. The van der Waals surface area contributed by atoms with Crippen LogP contribution in [0.15, 0.2) is 24.3 Å². The number of rotatable bonds is 4. The van der Waals surface area contributed by atoms with Crippen LogP contribution < -0.4 is 4.90 Å². The highest BCUT2D eigenvalue weighted by atomic mass is 19.1. The lowest BCUT2D eigenvalue weighted by Gasteiger charge is -2.24. The fourth-order valence-corrected chi connectivity index (χ4v) is 1.79. The molecular formula is C14H18FNO3. The first kappa shape index (κ1) is 15.1. The molecule has 0 spiro atoms. The summed E-state index contributed by atoms with van der Waals surface area (Å²) >= 11 is 0. The zero-order valence-electron chi connectivity index (χ0n) is 11.5. The summed E-state index contributed by atoms with van der Waals surface area (Å²) in [5, 5.41) is 0. The third-order valence-corrected chi connectivity index (χ3v) is 2.93. The summed E-state index contributed by atoms with van der Waals surface area (Å²) < 4.78 is 17.5. The topological polar surface area (TPSA) is 46.6 Å². The SMILES string of the molecule is COC(=O)C(C(=O)N(C)c1ccc(F)cc1)C(C)C. The third kappa shape index (κ3) is 3.53. The standard InChI is InChI=1S/C14H18FNO3/c1-9(2)12(14(18)19-4)13(17)16(3)11-7-5-10(15)6-8-11/h5-9,12H,1-4H3. The summed E-state index contributed by atoms with van der Waals surface area (Å²) in [6, 6.07) is 5.51. The van der Waals surface area contributed by atoms with E-state index >= 15 is 0 Å². The van der Waals surface area contributed by atoms with Gasteiger partial charge in [-0.25, -0.2) is 4.39 Å². The number of halogens is 1. The van der Waals surface area contributed by atoms with Gasteiger partial charge in [0.25, 0.3) is 0 Å². The van der Waals surface area contributed by atoms with Crippen molar-refractivity contribution in [2.45, 2.75) is 13.8 Å². The second-order valence-electron chi connectivity index (χ2n) is 4.62. The van der Waals surface area contributed by atoms with Crippen molar-refractivity contribution in [2.24, 2.45) is 11.8 Å². The van der Waals surface area contributed by atoms with E-state index in [9.17, 15) is 14.0 Å². The molecule has 4 nitrogen and oxygen atoms in total. The molecule has 0 saturated heterocycles. The Labute approximate surface area is 112 Å². The van der Waals surface area contributed by atoms with Crippen molar-refractivity contribution in [3.8, 4) is 0 Å². The smallest absolute Gasteiger partial charge is 0.318 e. The number of ether oxygens (including phenoxy) is 1. The van der Waals surface area contributed by atoms with Crippen LogP contribution in [0.1, 0.15) is 13.8 Å². The van der Waals surface area contributed by atoms with E-state index in [1.165, 1.54) is 36.3 Å². The van der Waals surface area contributed by atoms with Crippen LogP contribution >= 0.6 is 0 Å². The number of hydrogen-bond acceptors (Lipinski definition) is 3. The molecule has 0 aromatic heterocycles. The van der Waals surface area contributed by atoms with Gasteiger partial charge in [-0.15, -0.1) is 0 Å². The number of anilines is 1. The van der Waals surface area contributed by atoms with Gasteiger partial charge in [0.2, 0.25) is 5.91 Å². The van der Waals surface area contributed by atoms with Gasteiger partial charge in [-0.3, -0.25) is 9.59 Å². The van der Waals surface area contributed by atoms with E-state index < -0.39 is 11.9 Å². The Hall–Kier alpha value is -1.91. The Morgan fingerprint density at radius 2 is 1.74 bits per heavy atom. The Bertz CT molecular complexity index is 456. The fraction of sp³-hybridized carbons (Fsp3) is 0.429. The van der Waals surface area contributed by atoms with Crippen LogP contribution in [0.3, 0.4) is 0 Å². The number of carbonyl (C=O) groups is 2. The molecule has 19 heavy (non-hydrogen) atoms. The largest absolute Gasteiger partial charge is 0.468 e. The number of benzene rings is 1. The number of carbonyl (C=O) groups excluding carboxylic acids is 2. The fourth-order valence-electron chi connectivity index (χ4n) is 1.79. The summed E-state index contributed by atoms with van der Waals surface area (Å²) in [6.07, 6.45) is 0. The van der Waals surface area contributed by atoms with Crippen LogP contribution in [0.2, 0.25) is 0 Å². The molecule has 0 N–H and O–H groups in total. The van der Waals surface area contributed by atoms with Crippen LogP contribution in [0.25, 0.3) is 0 Å².